The number of piperidine rings is 1. The highest BCUT2D eigenvalue weighted by Gasteiger charge is 2.28. The molecule has 5 heteroatoms. The summed E-state index contributed by atoms with van der Waals surface area (Å²) in [5.41, 5.74) is 1.07. The molecule has 1 unspecified atom stereocenters. The summed E-state index contributed by atoms with van der Waals surface area (Å²) in [4.78, 5) is 26.3. The molecule has 1 aliphatic heterocycles. The summed E-state index contributed by atoms with van der Waals surface area (Å²) in [7, 11) is 0. The Morgan fingerprint density at radius 3 is 2.67 bits per heavy atom. The van der Waals surface area contributed by atoms with Crippen molar-refractivity contribution < 1.29 is 9.59 Å². The smallest absolute Gasteiger partial charge is 0.317 e. The van der Waals surface area contributed by atoms with E-state index in [1.165, 1.54) is 0 Å². The van der Waals surface area contributed by atoms with Gasteiger partial charge in [-0.2, -0.15) is 0 Å². The molecule has 1 aromatic rings. The van der Waals surface area contributed by atoms with Crippen LogP contribution in [0.2, 0.25) is 0 Å². The van der Waals surface area contributed by atoms with E-state index in [-0.39, 0.29) is 17.9 Å². The van der Waals surface area contributed by atoms with Gasteiger partial charge in [0.25, 0.3) is 0 Å². The molecule has 132 valence electrons. The van der Waals surface area contributed by atoms with Gasteiger partial charge in [0.2, 0.25) is 5.91 Å². The van der Waals surface area contributed by atoms with Gasteiger partial charge in [0, 0.05) is 26.2 Å². The molecular weight excluding hydrogens is 302 g/mol. The van der Waals surface area contributed by atoms with Crippen LogP contribution in [0.15, 0.2) is 30.3 Å². The molecule has 0 radical (unpaired) electrons. The van der Waals surface area contributed by atoms with Crippen molar-refractivity contribution in [3.8, 4) is 0 Å². The molecule has 0 saturated carbocycles. The number of rotatable bonds is 6. The van der Waals surface area contributed by atoms with Gasteiger partial charge in [0.1, 0.15) is 0 Å². The summed E-state index contributed by atoms with van der Waals surface area (Å²) in [5, 5.41) is 5.95. The van der Waals surface area contributed by atoms with Crippen molar-refractivity contribution in [2.24, 2.45) is 11.8 Å². The van der Waals surface area contributed by atoms with E-state index in [0.29, 0.717) is 25.6 Å². The second-order valence-corrected chi connectivity index (χ2v) is 6.90. The van der Waals surface area contributed by atoms with Crippen molar-refractivity contribution in [3.63, 3.8) is 0 Å². The van der Waals surface area contributed by atoms with E-state index in [9.17, 15) is 9.59 Å². The number of urea groups is 1. The van der Waals surface area contributed by atoms with E-state index in [0.717, 1.165) is 31.4 Å². The van der Waals surface area contributed by atoms with Crippen LogP contribution in [0.25, 0.3) is 0 Å². The Balaban J connectivity index is 1.77. The Kier molecular flexibility index (Phi) is 7.09. The third kappa shape index (κ3) is 5.87. The molecule has 0 spiro atoms. The van der Waals surface area contributed by atoms with E-state index in [2.05, 4.69) is 24.5 Å². The average molecular weight is 331 g/mol. The molecule has 0 aliphatic carbocycles. The highest BCUT2D eigenvalue weighted by molar-refractivity contribution is 5.80. The van der Waals surface area contributed by atoms with Crippen molar-refractivity contribution in [1.82, 2.24) is 15.5 Å². The summed E-state index contributed by atoms with van der Waals surface area (Å²) < 4.78 is 0. The van der Waals surface area contributed by atoms with Crippen LogP contribution < -0.4 is 10.6 Å². The second kappa shape index (κ2) is 9.30. The van der Waals surface area contributed by atoms with Crippen LogP contribution in [-0.4, -0.2) is 36.5 Å². The first-order chi connectivity index (χ1) is 11.6. The molecule has 2 rings (SSSR count). The Hall–Kier alpha value is -2.04. The van der Waals surface area contributed by atoms with Gasteiger partial charge in [-0.3, -0.25) is 4.79 Å². The first kappa shape index (κ1) is 18.3. The van der Waals surface area contributed by atoms with Crippen LogP contribution in [-0.2, 0) is 11.3 Å². The van der Waals surface area contributed by atoms with Crippen LogP contribution in [0.5, 0.6) is 0 Å². The van der Waals surface area contributed by atoms with Crippen LogP contribution in [0.3, 0.4) is 0 Å². The van der Waals surface area contributed by atoms with Crippen molar-refractivity contribution in [1.29, 1.82) is 0 Å². The minimum Gasteiger partial charge on any atom is -0.356 e. The minimum absolute atomic E-state index is 0.0798. The lowest BCUT2D eigenvalue weighted by Gasteiger charge is -2.32. The number of nitrogens with zero attached hydrogens (tertiary/aromatic N) is 1. The van der Waals surface area contributed by atoms with Gasteiger partial charge < -0.3 is 15.5 Å². The third-order valence-electron chi connectivity index (χ3n) is 4.39. The molecule has 5 nitrogen and oxygen atoms in total. The maximum atomic E-state index is 12.3. The van der Waals surface area contributed by atoms with E-state index in [1.54, 1.807) is 4.90 Å². The van der Waals surface area contributed by atoms with E-state index in [1.807, 2.05) is 30.3 Å². The molecule has 0 bridgehead atoms. The molecule has 1 fully saturated rings. The standard InChI is InChI=1S/C19H29N3O2/c1-15(2)10-11-20-18(23)17-9-6-12-22(14-17)19(24)21-13-16-7-4-3-5-8-16/h3-5,7-8,15,17H,6,9-14H2,1-2H3,(H,20,23)(H,21,24). The number of amides is 3. The zero-order valence-electron chi connectivity index (χ0n) is 14.8. The second-order valence-electron chi connectivity index (χ2n) is 6.90. The number of carbonyl (C=O) groups is 2. The summed E-state index contributed by atoms with van der Waals surface area (Å²) in [6.07, 6.45) is 2.72. The van der Waals surface area contributed by atoms with Crippen molar-refractivity contribution in [2.75, 3.05) is 19.6 Å². The Morgan fingerprint density at radius 1 is 1.21 bits per heavy atom. The van der Waals surface area contributed by atoms with Crippen LogP contribution in [0, 0.1) is 11.8 Å². The quantitative estimate of drug-likeness (QED) is 0.842. The topological polar surface area (TPSA) is 61.4 Å². The van der Waals surface area contributed by atoms with Crippen LogP contribution in [0.4, 0.5) is 4.79 Å². The number of benzene rings is 1. The molecule has 1 saturated heterocycles. The van der Waals surface area contributed by atoms with Crippen molar-refractivity contribution in [3.05, 3.63) is 35.9 Å². The molecule has 3 amide bonds. The van der Waals surface area contributed by atoms with Gasteiger partial charge in [-0.1, -0.05) is 44.2 Å². The van der Waals surface area contributed by atoms with Gasteiger partial charge in [0.15, 0.2) is 0 Å². The summed E-state index contributed by atoms with van der Waals surface area (Å²) in [5.74, 6) is 0.571. The molecule has 1 aromatic carbocycles. The molecule has 2 N–H and O–H groups in total. The fraction of sp³-hybridized carbons (Fsp3) is 0.579. The Bertz CT molecular complexity index is 531. The molecule has 24 heavy (non-hydrogen) atoms. The maximum Gasteiger partial charge on any atom is 0.317 e. The van der Waals surface area contributed by atoms with Gasteiger partial charge in [-0.25, -0.2) is 4.79 Å². The molecule has 0 aromatic heterocycles. The lowest BCUT2D eigenvalue weighted by Crippen LogP contribution is -2.48. The van der Waals surface area contributed by atoms with Crippen molar-refractivity contribution >= 4 is 11.9 Å². The average Bonchev–Trinajstić information content (AvgIpc) is 2.60. The minimum atomic E-state index is -0.0895. The summed E-state index contributed by atoms with van der Waals surface area (Å²) in [6.45, 7) is 6.75. The van der Waals surface area contributed by atoms with Crippen molar-refractivity contribution in [2.45, 2.75) is 39.7 Å². The number of hydrogen-bond donors (Lipinski definition) is 2. The number of carbonyl (C=O) groups excluding carboxylic acids is 2. The fourth-order valence-electron chi connectivity index (χ4n) is 2.89. The Morgan fingerprint density at radius 2 is 1.96 bits per heavy atom. The van der Waals surface area contributed by atoms with E-state index < -0.39 is 0 Å². The van der Waals surface area contributed by atoms with Gasteiger partial charge in [-0.15, -0.1) is 0 Å². The Labute approximate surface area is 144 Å². The third-order valence-corrected chi connectivity index (χ3v) is 4.39. The zero-order chi connectivity index (χ0) is 17.4. The lowest BCUT2D eigenvalue weighted by molar-refractivity contribution is -0.126. The van der Waals surface area contributed by atoms with Gasteiger partial charge in [-0.05, 0) is 30.7 Å². The lowest BCUT2D eigenvalue weighted by atomic mass is 9.97. The van der Waals surface area contributed by atoms with Crippen LogP contribution in [0.1, 0.15) is 38.7 Å². The first-order valence-corrected chi connectivity index (χ1v) is 8.90. The molecular formula is C19H29N3O2. The van der Waals surface area contributed by atoms with E-state index in [4.69, 9.17) is 0 Å². The molecule has 1 heterocycles. The highest BCUT2D eigenvalue weighted by Crippen LogP contribution is 2.17. The molecule has 1 aliphatic rings. The fourth-order valence-corrected chi connectivity index (χ4v) is 2.89. The highest BCUT2D eigenvalue weighted by atomic mass is 16.2. The maximum absolute atomic E-state index is 12.3. The largest absolute Gasteiger partial charge is 0.356 e. The van der Waals surface area contributed by atoms with E-state index >= 15 is 0 Å². The van der Waals surface area contributed by atoms with Gasteiger partial charge in [0.05, 0.1) is 5.92 Å². The number of hydrogen-bond acceptors (Lipinski definition) is 2. The number of likely N-dealkylation sites (tertiary alicyclic amines) is 1. The predicted octanol–water partition coefficient (Wildman–Crippen LogP) is 2.77. The first-order valence-electron chi connectivity index (χ1n) is 8.90. The zero-order valence-corrected chi connectivity index (χ0v) is 14.8. The van der Waals surface area contributed by atoms with Crippen LogP contribution >= 0.6 is 0 Å². The summed E-state index contributed by atoms with van der Waals surface area (Å²) >= 11 is 0. The van der Waals surface area contributed by atoms with Gasteiger partial charge >= 0.3 is 6.03 Å². The monoisotopic (exact) mass is 331 g/mol. The molecule has 1 atom stereocenters. The summed E-state index contributed by atoms with van der Waals surface area (Å²) in [6, 6.07) is 9.76. The number of nitrogens with one attached hydrogen (secondary N) is 2. The predicted molar refractivity (Wildman–Crippen MR) is 95.4 cm³/mol. The normalized spacial score (nSPS) is 17.6. The SMILES string of the molecule is CC(C)CCNC(=O)C1CCCN(C(=O)NCc2ccccc2)C1.